The Labute approximate surface area is 92.4 Å². The lowest BCUT2D eigenvalue weighted by atomic mass is 9.95. The second-order valence-electron chi connectivity index (χ2n) is 3.18. The van der Waals surface area contributed by atoms with E-state index in [1.165, 1.54) is 24.3 Å². The Bertz CT molecular complexity index is 422. The number of carbonyl (C=O) groups excluding carboxylic acids is 2. The summed E-state index contributed by atoms with van der Waals surface area (Å²) in [5, 5.41) is 9.66. The van der Waals surface area contributed by atoms with Gasteiger partial charge in [-0.25, -0.2) is 0 Å². The average Bonchev–Trinajstić information content (AvgIpc) is 2.26. The summed E-state index contributed by atoms with van der Waals surface area (Å²) < 4.78 is 0. The molecule has 5 N–H and O–H groups in total. The summed E-state index contributed by atoms with van der Waals surface area (Å²) in [5.74, 6) is -1.47. The molecule has 0 bridgehead atoms. The third kappa shape index (κ3) is 2.09. The molecule has 5 heteroatoms. The van der Waals surface area contributed by atoms with Crippen LogP contribution in [0.3, 0.4) is 0 Å². The van der Waals surface area contributed by atoms with Crippen molar-refractivity contribution in [2.75, 3.05) is 0 Å². The highest BCUT2D eigenvalue weighted by Gasteiger charge is 2.20. The van der Waals surface area contributed by atoms with Crippen LogP contribution in [0.1, 0.15) is 32.4 Å². The van der Waals surface area contributed by atoms with Gasteiger partial charge in [-0.05, 0) is 12.1 Å². The number of amides is 2. The molecule has 84 valence electrons. The summed E-state index contributed by atoms with van der Waals surface area (Å²) in [7, 11) is 0. The number of aliphatic hydroxyl groups is 1. The van der Waals surface area contributed by atoms with Crippen LogP contribution in [0, 0.1) is 0 Å². The first-order valence-electron chi connectivity index (χ1n) is 4.52. The summed E-state index contributed by atoms with van der Waals surface area (Å²) in [6.07, 6.45) is 0.0278. The first kappa shape index (κ1) is 11.9. The van der Waals surface area contributed by atoms with Crippen molar-refractivity contribution in [2.24, 2.45) is 11.5 Å². The van der Waals surface area contributed by atoms with Crippen molar-refractivity contribution >= 4 is 11.8 Å². The van der Waals surface area contributed by atoms with Gasteiger partial charge >= 0.3 is 0 Å². The molecule has 2 amide bonds. The van der Waals surface area contributed by atoms with Gasteiger partial charge in [0.25, 0.3) is 0 Å². The van der Waals surface area contributed by atoms with Crippen LogP contribution in [0.25, 0.3) is 0 Å². The molecule has 0 spiro atoms. The lowest BCUT2D eigenvalue weighted by molar-refractivity contribution is 0.0992. The second-order valence-corrected chi connectivity index (χ2v) is 3.18. The summed E-state index contributed by atoms with van der Waals surface area (Å²) in [4.78, 5) is 22.3. The van der Waals surface area contributed by atoms with Crippen molar-refractivity contribution in [3.05, 3.63) is 47.5 Å². The molecular weight excluding hydrogens is 208 g/mol. The highest BCUT2D eigenvalue weighted by atomic mass is 16.3. The number of nitrogens with two attached hydrogens (primary N) is 2. The lowest BCUT2D eigenvalue weighted by Crippen LogP contribution is -2.21. The van der Waals surface area contributed by atoms with Gasteiger partial charge in [0.05, 0.1) is 6.10 Å². The van der Waals surface area contributed by atoms with Gasteiger partial charge in [-0.2, -0.15) is 0 Å². The van der Waals surface area contributed by atoms with Gasteiger partial charge in [-0.3, -0.25) is 9.59 Å². The topological polar surface area (TPSA) is 106 Å². The molecular formula is C11H12N2O3. The fourth-order valence-corrected chi connectivity index (χ4v) is 1.43. The van der Waals surface area contributed by atoms with Crippen LogP contribution in [0.2, 0.25) is 0 Å². The number of carbonyl (C=O) groups is 2. The molecule has 0 aliphatic heterocycles. The number of hydrogen-bond acceptors (Lipinski definition) is 3. The fraction of sp³-hybridized carbons (Fsp3) is 0.0909. The van der Waals surface area contributed by atoms with E-state index in [0.29, 0.717) is 0 Å². The van der Waals surface area contributed by atoms with Crippen LogP contribution in [0.4, 0.5) is 0 Å². The highest BCUT2D eigenvalue weighted by molar-refractivity contribution is 6.01. The molecule has 0 aliphatic carbocycles. The molecule has 0 radical (unpaired) electrons. The Morgan fingerprint density at radius 1 is 1.25 bits per heavy atom. The summed E-state index contributed by atoms with van der Waals surface area (Å²) in [6.45, 7) is 3.38. The predicted molar refractivity (Wildman–Crippen MR) is 58.6 cm³/mol. The first-order valence-corrected chi connectivity index (χ1v) is 4.52. The fourth-order valence-electron chi connectivity index (χ4n) is 1.43. The summed E-state index contributed by atoms with van der Waals surface area (Å²) in [5.41, 5.74) is 10.5. The minimum Gasteiger partial charge on any atom is -0.384 e. The average molecular weight is 220 g/mol. The predicted octanol–water partition coefficient (Wildman–Crippen LogP) is 0.104. The van der Waals surface area contributed by atoms with Crippen molar-refractivity contribution in [2.45, 2.75) is 6.10 Å². The van der Waals surface area contributed by atoms with Gasteiger partial charge in [0.15, 0.2) is 0 Å². The molecule has 0 fully saturated rings. The Morgan fingerprint density at radius 2 is 1.69 bits per heavy atom. The lowest BCUT2D eigenvalue weighted by Gasteiger charge is -2.13. The molecule has 0 aliphatic rings. The van der Waals surface area contributed by atoms with Gasteiger partial charge in [0.2, 0.25) is 11.8 Å². The van der Waals surface area contributed by atoms with E-state index in [1.54, 1.807) is 0 Å². The van der Waals surface area contributed by atoms with E-state index in [0.717, 1.165) is 0 Å². The molecule has 0 saturated carbocycles. The molecule has 0 aromatic heterocycles. The minimum atomic E-state index is -1.16. The van der Waals surface area contributed by atoms with E-state index < -0.39 is 17.9 Å². The van der Waals surface area contributed by atoms with E-state index in [1.807, 2.05) is 0 Å². The third-order valence-corrected chi connectivity index (χ3v) is 2.16. The molecule has 1 atom stereocenters. The molecule has 1 rings (SSSR count). The maximum Gasteiger partial charge on any atom is 0.249 e. The van der Waals surface area contributed by atoms with Gasteiger partial charge in [-0.15, -0.1) is 6.58 Å². The van der Waals surface area contributed by atoms with Gasteiger partial charge in [0, 0.05) is 16.7 Å². The van der Waals surface area contributed by atoms with Crippen molar-refractivity contribution in [3.63, 3.8) is 0 Å². The van der Waals surface area contributed by atoms with Crippen LogP contribution < -0.4 is 11.5 Å². The van der Waals surface area contributed by atoms with Gasteiger partial charge < -0.3 is 16.6 Å². The van der Waals surface area contributed by atoms with E-state index in [4.69, 9.17) is 11.5 Å². The highest BCUT2D eigenvalue weighted by Crippen LogP contribution is 2.23. The normalized spacial score (nSPS) is 11.8. The zero-order valence-corrected chi connectivity index (χ0v) is 8.51. The Hall–Kier alpha value is -2.14. The van der Waals surface area contributed by atoms with Gasteiger partial charge in [-0.1, -0.05) is 12.1 Å². The number of rotatable bonds is 4. The molecule has 0 saturated heterocycles. The van der Waals surface area contributed by atoms with Crippen LogP contribution in [-0.2, 0) is 0 Å². The molecule has 1 aromatic rings. The van der Waals surface area contributed by atoms with E-state index in [9.17, 15) is 14.7 Å². The van der Waals surface area contributed by atoms with Crippen molar-refractivity contribution < 1.29 is 14.7 Å². The van der Waals surface area contributed by atoms with Crippen LogP contribution in [0.5, 0.6) is 0 Å². The minimum absolute atomic E-state index is 0.0590. The maximum atomic E-state index is 11.1. The SMILES string of the molecule is C=CC(O)c1c(C(N)=O)cccc1C(N)=O. The zero-order chi connectivity index (χ0) is 12.3. The largest absolute Gasteiger partial charge is 0.384 e. The van der Waals surface area contributed by atoms with E-state index in [-0.39, 0.29) is 16.7 Å². The number of aliphatic hydroxyl groups excluding tert-OH is 1. The second kappa shape index (κ2) is 4.59. The number of benzene rings is 1. The number of primary amides is 2. The Morgan fingerprint density at radius 3 is 2.00 bits per heavy atom. The van der Waals surface area contributed by atoms with Gasteiger partial charge in [0.1, 0.15) is 0 Å². The zero-order valence-electron chi connectivity index (χ0n) is 8.51. The molecule has 16 heavy (non-hydrogen) atoms. The van der Waals surface area contributed by atoms with E-state index in [2.05, 4.69) is 6.58 Å². The summed E-state index contributed by atoms with van der Waals surface area (Å²) in [6, 6.07) is 4.30. The maximum absolute atomic E-state index is 11.1. The molecule has 5 nitrogen and oxygen atoms in total. The van der Waals surface area contributed by atoms with Crippen molar-refractivity contribution in [3.8, 4) is 0 Å². The first-order chi connectivity index (χ1) is 7.49. The Balaban J connectivity index is 3.52. The molecule has 1 aromatic carbocycles. The van der Waals surface area contributed by atoms with E-state index >= 15 is 0 Å². The van der Waals surface area contributed by atoms with Crippen LogP contribution >= 0.6 is 0 Å². The number of hydrogen-bond donors (Lipinski definition) is 3. The monoisotopic (exact) mass is 220 g/mol. The van der Waals surface area contributed by atoms with Crippen LogP contribution in [0.15, 0.2) is 30.9 Å². The van der Waals surface area contributed by atoms with Crippen molar-refractivity contribution in [1.29, 1.82) is 0 Å². The Kier molecular flexibility index (Phi) is 3.42. The summed E-state index contributed by atoms with van der Waals surface area (Å²) >= 11 is 0. The molecule has 0 heterocycles. The quantitative estimate of drug-likeness (QED) is 0.626. The van der Waals surface area contributed by atoms with Crippen LogP contribution in [-0.4, -0.2) is 16.9 Å². The smallest absolute Gasteiger partial charge is 0.249 e. The standard InChI is InChI=1S/C11H12N2O3/c1-2-8(14)9-6(10(12)15)4-3-5-7(9)11(13)16/h2-5,8,14H,1H2,(H2,12,15)(H2,13,16). The van der Waals surface area contributed by atoms with Crippen molar-refractivity contribution in [1.82, 2.24) is 0 Å². The third-order valence-electron chi connectivity index (χ3n) is 2.16. The molecule has 1 unspecified atom stereocenters.